The summed E-state index contributed by atoms with van der Waals surface area (Å²) in [6, 6.07) is 17.7. The summed E-state index contributed by atoms with van der Waals surface area (Å²) in [5.41, 5.74) is 0.897. The van der Waals surface area contributed by atoms with Gasteiger partial charge in [0.15, 0.2) is 0 Å². The van der Waals surface area contributed by atoms with E-state index < -0.39 is 36.1 Å². The lowest BCUT2D eigenvalue weighted by Gasteiger charge is -2.10. The van der Waals surface area contributed by atoms with Crippen LogP contribution < -0.4 is 4.72 Å². The Morgan fingerprint density at radius 2 is 1.50 bits per heavy atom. The lowest BCUT2D eigenvalue weighted by Crippen LogP contribution is -2.14. The van der Waals surface area contributed by atoms with Crippen LogP contribution in [0.3, 0.4) is 0 Å². The number of sulfonamides is 1. The van der Waals surface area contributed by atoms with E-state index in [-0.39, 0.29) is 11.3 Å². The third kappa shape index (κ3) is 4.63. The fraction of sp³-hybridized carbons (Fsp3) is 0.0455. The Labute approximate surface area is 197 Å². The highest BCUT2D eigenvalue weighted by molar-refractivity contribution is 7.92. The number of nitro groups is 2. The zero-order valence-corrected chi connectivity index (χ0v) is 19.2. The van der Waals surface area contributed by atoms with Crippen molar-refractivity contribution in [3.8, 4) is 21.8 Å². The van der Waals surface area contributed by atoms with E-state index in [1.54, 1.807) is 18.2 Å². The molecule has 0 amide bonds. The monoisotopic (exact) mass is 496 g/mol. The minimum absolute atomic E-state index is 0.178. The van der Waals surface area contributed by atoms with E-state index in [4.69, 9.17) is 0 Å². The van der Waals surface area contributed by atoms with Crippen molar-refractivity contribution in [1.29, 1.82) is 0 Å². The largest absolute Gasteiger partial charge is 0.280 e. The molecule has 0 atom stereocenters. The molecule has 0 saturated carbocycles. The van der Waals surface area contributed by atoms with Crippen molar-refractivity contribution in [3.63, 3.8) is 0 Å². The lowest BCUT2D eigenvalue weighted by atomic mass is 10.1. The molecule has 10 nitrogen and oxygen atoms in total. The summed E-state index contributed by atoms with van der Waals surface area (Å²) in [4.78, 5) is 24.9. The standard InChI is InChI=1S/C22H16N4O6S2/c1-14-20(25(27)28)11-18(12-21(14)26(29)30)34(31,32)24-17-9-5-8-16(10-17)19-13-33-22(23-19)15-6-3-2-4-7-15/h2-13,24H,1H3. The van der Waals surface area contributed by atoms with Crippen molar-refractivity contribution in [1.82, 2.24) is 4.98 Å². The van der Waals surface area contributed by atoms with E-state index in [1.165, 1.54) is 24.3 Å². The third-order valence-corrected chi connectivity index (χ3v) is 7.22. The molecular formula is C22H16N4O6S2. The van der Waals surface area contributed by atoms with Gasteiger partial charge in [-0.1, -0.05) is 42.5 Å². The molecule has 0 bridgehead atoms. The molecule has 4 aromatic rings. The second-order valence-corrected chi connectivity index (χ2v) is 9.73. The summed E-state index contributed by atoms with van der Waals surface area (Å²) in [5, 5.41) is 25.3. The van der Waals surface area contributed by atoms with Gasteiger partial charge in [-0.25, -0.2) is 13.4 Å². The van der Waals surface area contributed by atoms with Crippen molar-refractivity contribution in [2.24, 2.45) is 0 Å². The Bertz CT molecular complexity index is 1480. The van der Waals surface area contributed by atoms with Crippen LogP contribution in [0.5, 0.6) is 0 Å². The maximum absolute atomic E-state index is 12.9. The summed E-state index contributed by atoms with van der Waals surface area (Å²) in [6.07, 6.45) is 0. The lowest BCUT2D eigenvalue weighted by molar-refractivity contribution is -0.395. The molecule has 1 heterocycles. The molecular weight excluding hydrogens is 480 g/mol. The maximum Gasteiger partial charge on any atom is 0.280 e. The van der Waals surface area contributed by atoms with Crippen molar-refractivity contribution >= 4 is 38.4 Å². The van der Waals surface area contributed by atoms with Crippen LogP contribution in [0.1, 0.15) is 5.56 Å². The second kappa shape index (κ2) is 9.00. The average Bonchev–Trinajstić information content (AvgIpc) is 3.29. The van der Waals surface area contributed by atoms with E-state index in [9.17, 15) is 28.6 Å². The number of benzene rings is 3. The minimum Gasteiger partial charge on any atom is -0.280 e. The Morgan fingerprint density at radius 1 is 0.882 bits per heavy atom. The molecule has 4 rings (SSSR count). The van der Waals surface area contributed by atoms with Crippen LogP contribution >= 0.6 is 11.3 Å². The molecule has 1 N–H and O–H groups in total. The van der Waals surface area contributed by atoms with Gasteiger partial charge in [-0.2, -0.15) is 0 Å². The SMILES string of the molecule is Cc1c([N+](=O)[O-])cc(S(=O)(=O)Nc2cccc(-c3csc(-c4ccccc4)n3)c2)cc1[N+](=O)[O-]. The predicted octanol–water partition coefficient (Wildman–Crippen LogP) is 5.40. The van der Waals surface area contributed by atoms with E-state index in [2.05, 4.69) is 9.71 Å². The molecule has 172 valence electrons. The summed E-state index contributed by atoms with van der Waals surface area (Å²) in [5.74, 6) is 0. The van der Waals surface area contributed by atoms with Crippen LogP contribution in [0.4, 0.5) is 17.1 Å². The molecule has 3 aromatic carbocycles. The van der Waals surface area contributed by atoms with Crippen LogP contribution in [0.25, 0.3) is 21.8 Å². The van der Waals surface area contributed by atoms with Crippen LogP contribution in [0.2, 0.25) is 0 Å². The van der Waals surface area contributed by atoms with Gasteiger partial charge >= 0.3 is 0 Å². The molecule has 0 aliphatic rings. The highest BCUT2D eigenvalue weighted by Crippen LogP contribution is 2.33. The van der Waals surface area contributed by atoms with E-state index in [0.29, 0.717) is 11.3 Å². The van der Waals surface area contributed by atoms with Gasteiger partial charge in [0.2, 0.25) is 0 Å². The molecule has 0 saturated heterocycles. The number of thiazole rings is 1. The van der Waals surface area contributed by atoms with Gasteiger partial charge in [-0.3, -0.25) is 25.0 Å². The molecule has 0 radical (unpaired) electrons. The summed E-state index contributed by atoms with van der Waals surface area (Å²) < 4.78 is 28.2. The van der Waals surface area contributed by atoms with Crippen molar-refractivity contribution in [2.75, 3.05) is 4.72 Å². The van der Waals surface area contributed by atoms with Crippen LogP contribution in [-0.4, -0.2) is 23.2 Å². The fourth-order valence-corrected chi connectivity index (χ4v) is 5.19. The highest BCUT2D eigenvalue weighted by atomic mass is 32.2. The Kier molecular flexibility index (Phi) is 6.09. The Hall–Kier alpha value is -4.16. The number of anilines is 1. The maximum atomic E-state index is 12.9. The second-order valence-electron chi connectivity index (χ2n) is 7.19. The Balaban J connectivity index is 1.67. The number of nitrogens with one attached hydrogen (secondary N) is 1. The number of nitrogens with zero attached hydrogens (tertiary/aromatic N) is 3. The fourth-order valence-electron chi connectivity index (χ4n) is 3.27. The molecule has 0 unspecified atom stereocenters. The minimum atomic E-state index is -4.36. The molecule has 0 aliphatic heterocycles. The van der Waals surface area contributed by atoms with Gasteiger partial charge in [0.05, 0.1) is 15.5 Å². The topological polar surface area (TPSA) is 145 Å². The summed E-state index contributed by atoms with van der Waals surface area (Å²) in [7, 11) is -4.36. The van der Waals surface area contributed by atoms with E-state index in [1.807, 2.05) is 35.7 Å². The van der Waals surface area contributed by atoms with E-state index in [0.717, 1.165) is 22.7 Å². The third-order valence-electron chi connectivity index (χ3n) is 4.97. The van der Waals surface area contributed by atoms with Crippen LogP contribution in [0, 0.1) is 27.2 Å². The number of hydrogen-bond donors (Lipinski definition) is 1. The highest BCUT2D eigenvalue weighted by Gasteiger charge is 2.28. The predicted molar refractivity (Wildman–Crippen MR) is 128 cm³/mol. The zero-order chi connectivity index (χ0) is 24.5. The zero-order valence-electron chi connectivity index (χ0n) is 17.5. The first-order valence-corrected chi connectivity index (χ1v) is 12.1. The smallest absolute Gasteiger partial charge is 0.280 e. The number of nitro benzene ring substituents is 2. The quantitative estimate of drug-likeness (QED) is 0.266. The molecule has 0 aliphatic carbocycles. The summed E-state index contributed by atoms with van der Waals surface area (Å²) in [6.45, 7) is 1.20. The number of aromatic nitrogens is 1. The van der Waals surface area contributed by atoms with Gasteiger partial charge in [-0.05, 0) is 19.1 Å². The van der Waals surface area contributed by atoms with Crippen LogP contribution in [0.15, 0.2) is 77.0 Å². The molecule has 0 spiro atoms. The van der Waals surface area contributed by atoms with Gasteiger partial charge < -0.3 is 0 Å². The van der Waals surface area contributed by atoms with Gasteiger partial charge in [0.1, 0.15) is 15.5 Å². The Morgan fingerprint density at radius 3 is 2.12 bits per heavy atom. The van der Waals surface area contributed by atoms with Crippen molar-refractivity contribution in [3.05, 3.63) is 97.9 Å². The van der Waals surface area contributed by atoms with Gasteiger partial charge in [-0.15, -0.1) is 11.3 Å². The average molecular weight is 497 g/mol. The number of hydrogen-bond acceptors (Lipinski definition) is 8. The van der Waals surface area contributed by atoms with Crippen molar-refractivity contribution in [2.45, 2.75) is 11.8 Å². The first-order valence-electron chi connectivity index (χ1n) is 9.73. The summed E-state index contributed by atoms with van der Waals surface area (Å²) >= 11 is 1.45. The number of rotatable bonds is 7. The normalized spacial score (nSPS) is 11.2. The molecule has 0 fully saturated rings. The van der Waals surface area contributed by atoms with Gasteiger partial charge in [0.25, 0.3) is 21.4 Å². The molecule has 12 heteroatoms. The van der Waals surface area contributed by atoms with E-state index >= 15 is 0 Å². The first-order chi connectivity index (χ1) is 16.2. The molecule has 34 heavy (non-hydrogen) atoms. The van der Waals surface area contributed by atoms with Gasteiger partial charge in [0, 0.05) is 34.3 Å². The molecule has 1 aromatic heterocycles. The van der Waals surface area contributed by atoms with Crippen LogP contribution in [-0.2, 0) is 10.0 Å². The van der Waals surface area contributed by atoms with Crippen molar-refractivity contribution < 1.29 is 18.3 Å². The first kappa shape index (κ1) is 23.0.